The van der Waals surface area contributed by atoms with Crippen LogP contribution < -0.4 is 9.64 Å². The molecule has 11 aromatic rings. The standard InChI is InChI=1S/C54H33NO3S/c1-2-13-32(14-3-1)33-27-29-34(30-28-33)55(43-22-11-18-37-35-15-4-7-24-45(35)57-51(37)43)44-23-12-19-38-42-31-47-49(40-17-5-8-25-46(40)56-47)50(53(42)58-52(38)44)41-21-10-20-39-36-16-6-9-26-48(36)59-54(39)41/h1-31,35,45H. The summed E-state index contributed by atoms with van der Waals surface area (Å²) in [5.41, 5.74) is 11.9. The summed E-state index contributed by atoms with van der Waals surface area (Å²) in [7, 11) is 0. The van der Waals surface area contributed by atoms with E-state index in [0.717, 1.165) is 83.4 Å². The Morgan fingerprint density at radius 2 is 1.24 bits per heavy atom. The van der Waals surface area contributed by atoms with E-state index in [2.05, 4.69) is 187 Å². The molecular weight excluding hydrogens is 743 g/mol. The predicted molar refractivity (Wildman–Crippen MR) is 245 cm³/mol. The lowest BCUT2D eigenvalue weighted by atomic mass is 9.92. The highest BCUT2D eigenvalue weighted by Crippen LogP contribution is 2.54. The lowest BCUT2D eigenvalue weighted by Gasteiger charge is -2.27. The summed E-state index contributed by atoms with van der Waals surface area (Å²) >= 11 is 1.83. The number of thiophene rings is 1. The molecule has 2 aliphatic rings. The van der Waals surface area contributed by atoms with Crippen molar-refractivity contribution in [2.24, 2.45) is 0 Å². The Morgan fingerprint density at radius 1 is 0.508 bits per heavy atom. The van der Waals surface area contributed by atoms with Crippen LogP contribution in [0.4, 0.5) is 17.1 Å². The van der Waals surface area contributed by atoms with Crippen molar-refractivity contribution in [2.75, 3.05) is 4.90 Å². The Morgan fingerprint density at radius 3 is 2.15 bits per heavy atom. The fourth-order valence-electron chi connectivity index (χ4n) is 9.56. The van der Waals surface area contributed by atoms with Crippen molar-refractivity contribution >= 4 is 92.4 Å². The first kappa shape index (κ1) is 32.7. The summed E-state index contributed by atoms with van der Waals surface area (Å²) in [6, 6.07) is 58.2. The lowest BCUT2D eigenvalue weighted by molar-refractivity contribution is 0.269. The van der Waals surface area contributed by atoms with Gasteiger partial charge in [0.15, 0.2) is 5.58 Å². The smallest absolute Gasteiger partial charge is 0.159 e. The second kappa shape index (κ2) is 12.6. The number of ether oxygens (including phenoxy) is 1. The van der Waals surface area contributed by atoms with Gasteiger partial charge in [0.2, 0.25) is 0 Å². The molecule has 4 heterocycles. The maximum Gasteiger partial charge on any atom is 0.159 e. The van der Waals surface area contributed by atoms with Gasteiger partial charge in [-0.1, -0.05) is 140 Å². The summed E-state index contributed by atoms with van der Waals surface area (Å²) in [6.45, 7) is 0. The maximum absolute atomic E-state index is 7.41. The average Bonchev–Trinajstić information content (AvgIpc) is 4.07. The minimum absolute atomic E-state index is 0.0510. The van der Waals surface area contributed by atoms with Crippen LogP contribution in [0.5, 0.6) is 5.75 Å². The number of fused-ring (bicyclic) bond motifs is 12. The van der Waals surface area contributed by atoms with Crippen molar-refractivity contribution in [3.05, 3.63) is 194 Å². The van der Waals surface area contributed by atoms with E-state index in [1.807, 2.05) is 17.4 Å². The van der Waals surface area contributed by atoms with Crippen LogP contribution in [0.25, 0.3) is 86.3 Å². The van der Waals surface area contributed by atoms with Gasteiger partial charge in [0.05, 0.1) is 11.4 Å². The van der Waals surface area contributed by atoms with Gasteiger partial charge in [0.1, 0.15) is 28.6 Å². The van der Waals surface area contributed by atoms with E-state index < -0.39 is 0 Å². The summed E-state index contributed by atoms with van der Waals surface area (Å²) < 4.78 is 23.4. The normalized spacial score (nSPS) is 15.8. The zero-order valence-corrected chi connectivity index (χ0v) is 32.4. The first-order valence-corrected chi connectivity index (χ1v) is 20.9. The van der Waals surface area contributed by atoms with Gasteiger partial charge in [0.25, 0.3) is 0 Å². The molecule has 0 fully saturated rings. The van der Waals surface area contributed by atoms with Gasteiger partial charge in [-0.05, 0) is 59.7 Å². The largest absolute Gasteiger partial charge is 0.483 e. The molecule has 0 radical (unpaired) electrons. The highest BCUT2D eigenvalue weighted by molar-refractivity contribution is 7.26. The topological polar surface area (TPSA) is 38.8 Å². The highest BCUT2D eigenvalue weighted by Gasteiger charge is 2.36. The van der Waals surface area contributed by atoms with Crippen molar-refractivity contribution in [2.45, 2.75) is 12.0 Å². The number of nitrogens with zero attached hydrogens (tertiary/aromatic N) is 1. The number of benzene rings is 8. The summed E-state index contributed by atoms with van der Waals surface area (Å²) in [5.74, 6) is 1.05. The van der Waals surface area contributed by atoms with E-state index in [0.29, 0.717) is 0 Å². The molecule has 2 atom stereocenters. The predicted octanol–water partition coefficient (Wildman–Crippen LogP) is 15.6. The molecule has 59 heavy (non-hydrogen) atoms. The van der Waals surface area contributed by atoms with Crippen LogP contribution in [-0.4, -0.2) is 6.10 Å². The molecule has 3 aromatic heterocycles. The fraction of sp³-hybridized carbons (Fsp3) is 0.0370. The van der Waals surface area contributed by atoms with Crippen molar-refractivity contribution in [3.63, 3.8) is 0 Å². The number of hydrogen-bond donors (Lipinski definition) is 0. The SMILES string of the molecule is C1=CC2Oc3c(cccc3N(c3ccc(-c4ccccc4)cc3)c3cccc4c3oc3c(-c5cccc6c5sc5ccccc56)c5c(cc34)oc3ccccc35)C2C=C1. The molecule has 2 unspecified atom stereocenters. The molecule has 278 valence electrons. The minimum Gasteiger partial charge on any atom is -0.483 e. The van der Waals surface area contributed by atoms with Crippen LogP contribution in [0, 0.1) is 0 Å². The molecule has 0 bridgehead atoms. The number of allylic oxidation sites excluding steroid dienone is 2. The monoisotopic (exact) mass is 775 g/mol. The Hall–Kier alpha value is -7.34. The quantitative estimate of drug-likeness (QED) is 0.175. The van der Waals surface area contributed by atoms with Gasteiger partial charge in [0, 0.05) is 70.0 Å². The Bertz CT molecular complexity index is 3550. The fourth-order valence-corrected chi connectivity index (χ4v) is 10.8. The Balaban J connectivity index is 1.10. The third kappa shape index (κ3) is 4.83. The van der Waals surface area contributed by atoms with Crippen LogP contribution in [0.15, 0.2) is 197 Å². The number of hydrogen-bond acceptors (Lipinski definition) is 5. The molecule has 0 saturated carbocycles. The van der Waals surface area contributed by atoms with Crippen LogP contribution in [0.2, 0.25) is 0 Å². The summed E-state index contributed by atoms with van der Waals surface area (Å²) in [4.78, 5) is 2.31. The van der Waals surface area contributed by atoms with Gasteiger partial charge in [-0.25, -0.2) is 0 Å². The van der Waals surface area contributed by atoms with Crippen LogP contribution in [0.1, 0.15) is 11.5 Å². The molecule has 0 saturated heterocycles. The van der Waals surface area contributed by atoms with Crippen LogP contribution in [-0.2, 0) is 0 Å². The van der Waals surface area contributed by atoms with E-state index in [4.69, 9.17) is 13.6 Å². The molecular formula is C54H33NO3S. The first-order chi connectivity index (χ1) is 29.3. The van der Waals surface area contributed by atoms with Gasteiger partial charge in [-0.15, -0.1) is 11.3 Å². The van der Waals surface area contributed by atoms with Crippen molar-refractivity contribution in [3.8, 4) is 28.0 Å². The number of anilines is 3. The van der Waals surface area contributed by atoms with Crippen LogP contribution in [0.3, 0.4) is 0 Å². The van der Waals surface area contributed by atoms with E-state index >= 15 is 0 Å². The summed E-state index contributed by atoms with van der Waals surface area (Å²) in [5, 5.41) is 6.66. The molecule has 8 aromatic carbocycles. The molecule has 4 nitrogen and oxygen atoms in total. The molecule has 5 heteroatoms. The van der Waals surface area contributed by atoms with E-state index in [9.17, 15) is 0 Å². The van der Waals surface area contributed by atoms with Gasteiger partial charge >= 0.3 is 0 Å². The molecule has 0 amide bonds. The Labute approximate surface area is 343 Å². The average molecular weight is 776 g/mol. The van der Waals surface area contributed by atoms with E-state index in [1.165, 1.54) is 31.3 Å². The molecule has 13 rings (SSSR count). The Kier molecular flexibility index (Phi) is 6.97. The van der Waals surface area contributed by atoms with Crippen molar-refractivity contribution in [1.29, 1.82) is 0 Å². The highest BCUT2D eigenvalue weighted by atomic mass is 32.1. The maximum atomic E-state index is 7.41. The number of furan rings is 2. The molecule has 0 spiro atoms. The van der Waals surface area contributed by atoms with Crippen molar-refractivity contribution < 1.29 is 13.6 Å². The molecule has 0 N–H and O–H groups in total. The number of para-hydroxylation sites is 3. The lowest BCUT2D eigenvalue weighted by Crippen LogP contribution is -2.16. The minimum atomic E-state index is -0.0510. The third-order valence-electron chi connectivity index (χ3n) is 12.2. The third-order valence-corrected chi connectivity index (χ3v) is 13.4. The zero-order valence-electron chi connectivity index (χ0n) is 31.6. The van der Waals surface area contributed by atoms with Gasteiger partial charge < -0.3 is 18.5 Å². The second-order valence-electron chi connectivity index (χ2n) is 15.5. The van der Waals surface area contributed by atoms with Gasteiger partial charge in [-0.2, -0.15) is 0 Å². The van der Waals surface area contributed by atoms with E-state index in [1.54, 1.807) is 0 Å². The van der Waals surface area contributed by atoms with E-state index in [-0.39, 0.29) is 12.0 Å². The van der Waals surface area contributed by atoms with Gasteiger partial charge in [-0.3, -0.25) is 0 Å². The van der Waals surface area contributed by atoms with Crippen LogP contribution >= 0.6 is 11.3 Å². The first-order valence-electron chi connectivity index (χ1n) is 20.1. The molecule has 1 aliphatic carbocycles. The molecule has 1 aliphatic heterocycles. The number of rotatable bonds is 5. The summed E-state index contributed by atoms with van der Waals surface area (Å²) in [6.07, 6.45) is 8.56. The van der Waals surface area contributed by atoms with Crippen molar-refractivity contribution in [1.82, 2.24) is 0 Å². The zero-order chi connectivity index (χ0) is 38.6. The second-order valence-corrected chi connectivity index (χ2v) is 16.5.